The van der Waals surface area contributed by atoms with Gasteiger partial charge in [-0.05, 0) is 25.8 Å². The maximum absolute atomic E-state index is 5.48. The normalized spacial score (nSPS) is 24.2. The standard InChI is InChI=1S/C18H30N2O/c1-5-9-16-13-20(18(2,3)14-21-4)17(12-19-16)15-10-7-6-8-11-15/h6-8,10-11,16-17,19H,5,9,12-14H2,1-4H3. The average molecular weight is 290 g/mol. The van der Waals surface area contributed by atoms with Crippen LogP contribution in [-0.4, -0.2) is 43.3 Å². The Labute approximate surface area is 129 Å². The summed E-state index contributed by atoms with van der Waals surface area (Å²) in [5.74, 6) is 0. The molecule has 1 N–H and O–H groups in total. The molecule has 0 spiro atoms. The van der Waals surface area contributed by atoms with Gasteiger partial charge < -0.3 is 10.1 Å². The van der Waals surface area contributed by atoms with Crippen LogP contribution in [0.5, 0.6) is 0 Å². The first-order valence-electron chi connectivity index (χ1n) is 8.12. The number of hydrogen-bond donors (Lipinski definition) is 1. The molecule has 2 unspecified atom stereocenters. The topological polar surface area (TPSA) is 24.5 Å². The molecule has 0 aromatic heterocycles. The molecular weight excluding hydrogens is 260 g/mol. The molecule has 1 saturated heterocycles. The maximum Gasteiger partial charge on any atom is 0.0641 e. The SMILES string of the molecule is CCCC1CN(C(C)(C)COC)C(c2ccccc2)CN1. The molecule has 3 nitrogen and oxygen atoms in total. The molecule has 0 saturated carbocycles. The molecule has 0 aliphatic carbocycles. The highest BCUT2D eigenvalue weighted by molar-refractivity contribution is 5.21. The van der Waals surface area contributed by atoms with E-state index in [4.69, 9.17) is 4.74 Å². The van der Waals surface area contributed by atoms with Crippen molar-refractivity contribution in [2.45, 2.75) is 51.2 Å². The summed E-state index contributed by atoms with van der Waals surface area (Å²) in [5.41, 5.74) is 1.44. The summed E-state index contributed by atoms with van der Waals surface area (Å²) in [6.45, 7) is 9.71. The van der Waals surface area contributed by atoms with Crippen molar-refractivity contribution in [1.29, 1.82) is 0 Å². The summed E-state index contributed by atoms with van der Waals surface area (Å²) in [6.07, 6.45) is 2.47. The number of piperazine rings is 1. The number of ether oxygens (including phenoxy) is 1. The summed E-state index contributed by atoms with van der Waals surface area (Å²) < 4.78 is 5.48. The monoisotopic (exact) mass is 290 g/mol. The Morgan fingerprint density at radius 3 is 2.62 bits per heavy atom. The highest BCUT2D eigenvalue weighted by Gasteiger charge is 2.37. The lowest BCUT2D eigenvalue weighted by atomic mass is 9.92. The van der Waals surface area contributed by atoms with E-state index in [9.17, 15) is 0 Å². The fourth-order valence-corrected chi connectivity index (χ4v) is 3.44. The third-order valence-electron chi connectivity index (χ3n) is 4.49. The smallest absolute Gasteiger partial charge is 0.0641 e. The van der Waals surface area contributed by atoms with Crippen LogP contribution in [0.1, 0.15) is 45.2 Å². The zero-order chi connectivity index (χ0) is 15.3. The first-order valence-corrected chi connectivity index (χ1v) is 8.12. The number of rotatable bonds is 6. The summed E-state index contributed by atoms with van der Waals surface area (Å²) >= 11 is 0. The largest absolute Gasteiger partial charge is 0.383 e. The third-order valence-corrected chi connectivity index (χ3v) is 4.49. The molecule has 1 aromatic rings. The zero-order valence-corrected chi connectivity index (χ0v) is 13.9. The quantitative estimate of drug-likeness (QED) is 0.870. The summed E-state index contributed by atoms with van der Waals surface area (Å²) in [7, 11) is 1.80. The lowest BCUT2D eigenvalue weighted by Crippen LogP contribution is -2.60. The van der Waals surface area contributed by atoms with Crippen molar-refractivity contribution in [2.24, 2.45) is 0 Å². The molecule has 1 fully saturated rings. The van der Waals surface area contributed by atoms with Gasteiger partial charge in [0.05, 0.1) is 6.61 Å². The minimum absolute atomic E-state index is 0.0450. The van der Waals surface area contributed by atoms with Gasteiger partial charge in [-0.25, -0.2) is 0 Å². The number of benzene rings is 1. The number of nitrogens with one attached hydrogen (secondary N) is 1. The molecule has 118 valence electrons. The Hall–Kier alpha value is -0.900. The van der Waals surface area contributed by atoms with Crippen molar-refractivity contribution in [2.75, 3.05) is 26.8 Å². The zero-order valence-electron chi connectivity index (χ0n) is 13.9. The van der Waals surface area contributed by atoms with Crippen molar-refractivity contribution < 1.29 is 4.74 Å². The highest BCUT2D eigenvalue weighted by Crippen LogP contribution is 2.31. The molecule has 0 bridgehead atoms. The molecule has 2 atom stereocenters. The summed E-state index contributed by atoms with van der Waals surface area (Å²) in [4.78, 5) is 2.63. The van der Waals surface area contributed by atoms with E-state index >= 15 is 0 Å². The van der Waals surface area contributed by atoms with E-state index in [-0.39, 0.29) is 5.54 Å². The fourth-order valence-electron chi connectivity index (χ4n) is 3.44. The van der Waals surface area contributed by atoms with Gasteiger partial charge in [-0.1, -0.05) is 43.7 Å². The molecule has 0 amide bonds. The number of hydrogen-bond acceptors (Lipinski definition) is 3. The van der Waals surface area contributed by atoms with Crippen LogP contribution in [0.15, 0.2) is 30.3 Å². The van der Waals surface area contributed by atoms with Gasteiger partial charge in [0.2, 0.25) is 0 Å². The average Bonchev–Trinajstić information content (AvgIpc) is 2.48. The lowest BCUT2D eigenvalue weighted by Gasteiger charge is -2.49. The predicted octanol–water partition coefficient (Wildman–Crippen LogP) is 3.23. The van der Waals surface area contributed by atoms with Crippen LogP contribution in [0.2, 0.25) is 0 Å². The molecule has 1 aliphatic heterocycles. The number of nitrogens with zero attached hydrogens (tertiary/aromatic N) is 1. The van der Waals surface area contributed by atoms with Crippen LogP contribution in [0, 0.1) is 0 Å². The van der Waals surface area contributed by atoms with Crippen molar-refractivity contribution in [3.05, 3.63) is 35.9 Å². The third kappa shape index (κ3) is 4.06. The second-order valence-corrected chi connectivity index (χ2v) is 6.72. The van der Waals surface area contributed by atoms with E-state index in [1.54, 1.807) is 7.11 Å². The predicted molar refractivity (Wildman–Crippen MR) is 88.5 cm³/mol. The van der Waals surface area contributed by atoms with Gasteiger partial charge in [0.1, 0.15) is 0 Å². The molecule has 3 heteroatoms. The van der Waals surface area contributed by atoms with Crippen LogP contribution in [0.4, 0.5) is 0 Å². The van der Waals surface area contributed by atoms with Gasteiger partial charge in [-0.15, -0.1) is 0 Å². The van der Waals surface area contributed by atoms with Crippen molar-refractivity contribution in [3.8, 4) is 0 Å². The first kappa shape index (κ1) is 16.5. The van der Waals surface area contributed by atoms with E-state index in [2.05, 4.69) is 61.3 Å². The van der Waals surface area contributed by atoms with Crippen LogP contribution < -0.4 is 5.32 Å². The summed E-state index contributed by atoms with van der Waals surface area (Å²) in [5, 5.41) is 3.73. The van der Waals surface area contributed by atoms with Crippen LogP contribution in [0.25, 0.3) is 0 Å². The van der Waals surface area contributed by atoms with Gasteiger partial charge >= 0.3 is 0 Å². The van der Waals surface area contributed by atoms with Crippen LogP contribution in [-0.2, 0) is 4.74 Å². The van der Waals surface area contributed by atoms with E-state index < -0.39 is 0 Å². The van der Waals surface area contributed by atoms with Crippen LogP contribution >= 0.6 is 0 Å². The Kier molecular flexibility index (Phi) is 5.80. The Bertz CT molecular complexity index is 418. The van der Waals surface area contributed by atoms with Gasteiger partial charge in [0.25, 0.3) is 0 Å². The van der Waals surface area contributed by atoms with Crippen molar-refractivity contribution in [3.63, 3.8) is 0 Å². The summed E-state index contributed by atoms with van der Waals surface area (Å²) in [6, 6.07) is 11.8. The van der Waals surface area contributed by atoms with Gasteiger partial charge in [-0.2, -0.15) is 0 Å². The van der Waals surface area contributed by atoms with E-state index in [1.165, 1.54) is 18.4 Å². The molecular formula is C18H30N2O. The Balaban J connectivity index is 2.22. The van der Waals surface area contributed by atoms with E-state index in [0.717, 1.165) is 19.7 Å². The van der Waals surface area contributed by atoms with E-state index in [0.29, 0.717) is 12.1 Å². The highest BCUT2D eigenvalue weighted by atomic mass is 16.5. The molecule has 21 heavy (non-hydrogen) atoms. The second-order valence-electron chi connectivity index (χ2n) is 6.72. The van der Waals surface area contributed by atoms with Crippen molar-refractivity contribution in [1.82, 2.24) is 10.2 Å². The molecule has 1 aliphatic rings. The molecule has 0 radical (unpaired) electrons. The second kappa shape index (κ2) is 7.39. The molecule has 2 rings (SSSR count). The first-order chi connectivity index (χ1) is 10.1. The minimum Gasteiger partial charge on any atom is -0.383 e. The van der Waals surface area contributed by atoms with Gasteiger partial charge in [0, 0.05) is 37.8 Å². The minimum atomic E-state index is 0.0450. The van der Waals surface area contributed by atoms with E-state index in [1.807, 2.05) is 0 Å². The van der Waals surface area contributed by atoms with Crippen LogP contribution in [0.3, 0.4) is 0 Å². The van der Waals surface area contributed by atoms with Gasteiger partial charge in [-0.3, -0.25) is 4.90 Å². The lowest BCUT2D eigenvalue weighted by molar-refractivity contribution is -0.0188. The maximum atomic E-state index is 5.48. The van der Waals surface area contributed by atoms with Crippen molar-refractivity contribution >= 4 is 0 Å². The molecule has 1 heterocycles. The number of methoxy groups -OCH3 is 1. The molecule has 1 aromatic carbocycles. The Morgan fingerprint density at radius 2 is 2.00 bits per heavy atom. The fraction of sp³-hybridized carbons (Fsp3) is 0.667. The Morgan fingerprint density at radius 1 is 1.29 bits per heavy atom. The van der Waals surface area contributed by atoms with Gasteiger partial charge in [0.15, 0.2) is 0 Å².